The first-order valence-corrected chi connectivity index (χ1v) is 7.16. The third-order valence-corrected chi connectivity index (χ3v) is 3.81. The van der Waals surface area contributed by atoms with Crippen molar-refractivity contribution in [3.63, 3.8) is 0 Å². The number of hydrogen-bond acceptors (Lipinski definition) is 3. The molecule has 1 aromatic heterocycles. The topological polar surface area (TPSA) is 84.2 Å². The van der Waals surface area contributed by atoms with Gasteiger partial charge in [0.25, 0.3) is 0 Å². The standard InChI is InChI=1S/C14H21N3O3/c18-13(7-10-17-9-4-8-15-17)16-12-6-3-1-2-5-11(12)14(19)20/h4,8-9,11-12H,1-3,5-7,10H2,(H,16,18)(H,19,20). The maximum Gasteiger partial charge on any atom is 0.308 e. The summed E-state index contributed by atoms with van der Waals surface area (Å²) >= 11 is 0. The number of aryl methyl sites for hydroxylation is 1. The van der Waals surface area contributed by atoms with E-state index in [-0.39, 0.29) is 11.9 Å². The fourth-order valence-corrected chi connectivity index (χ4v) is 2.70. The molecule has 1 heterocycles. The number of nitrogens with zero attached hydrogens (tertiary/aromatic N) is 2. The van der Waals surface area contributed by atoms with Crippen molar-refractivity contribution in [2.45, 2.75) is 51.1 Å². The molecule has 110 valence electrons. The van der Waals surface area contributed by atoms with Gasteiger partial charge in [0.2, 0.25) is 5.91 Å². The maximum absolute atomic E-state index is 11.9. The molecule has 2 N–H and O–H groups in total. The van der Waals surface area contributed by atoms with Gasteiger partial charge in [-0.15, -0.1) is 0 Å². The Morgan fingerprint density at radius 3 is 2.80 bits per heavy atom. The molecule has 1 saturated carbocycles. The number of nitrogens with one attached hydrogen (secondary N) is 1. The molecule has 20 heavy (non-hydrogen) atoms. The van der Waals surface area contributed by atoms with Crippen LogP contribution in [0.2, 0.25) is 0 Å². The molecule has 0 radical (unpaired) electrons. The van der Waals surface area contributed by atoms with Gasteiger partial charge in [-0.25, -0.2) is 0 Å². The van der Waals surface area contributed by atoms with E-state index in [1.54, 1.807) is 17.1 Å². The van der Waals surface area contributed by atoms with Crippen molar-refractivity contribution in [3.8, 4) is 0 Å². The lowest BCUT2D eigenvalue weighted by molar-refractivity contribution is -0.143. The summed E-state index contributed by atoms with van der Waals surface area (Å²) in [7, 11) is 0. The largest absolute Gasteiger partial charge is 0.481 e. The van der Waals surface area contributed by atoms with Crippen molar-refractivity contribution in [2.24, 2.45) is 5.92 Å². The van der Waals surface area contributed by atoms with Crippen LogP contribution in [-0.4, -0.2) is 32.8 Å². The molecule has 1 amide bonds. The monoisotopic (exact) mass is 279 g/mol. The first-order chi connectivity index (χ1) is 9.66. The first-order valence-electron chi connectivity index (χ1n) is 7.16. The van der Waals surface area contributed by atoms with Crippen LogP contribution < -0.4 is 5.32 Å². The number of carbonyl (C=O) groups is 2. The number of carbonyl (C=O) groups excluding carboxylic acids is 1. The summed E-state index contributed by atoms with van der Waals surface area (Å²) in [5.74, 6) is -1.35. The van der Waals surface area contributed by atoms with Crippen LogP contribution in [0.5, 0.6) is 0 Å². The lowest BCUT2D eigenvalue weighted by Crippen LogP contribution is -2.43. The van der Waals surface area contributed by atoms with Crippen LogP contribution in [0.15, 0.2) is 18.5 Å². The number of carboxylic acid groups (broad SMARTS) is 1. The molecule has 0 bridgehead atoms. The van der Waals surface area contributed by atoms with E-state index in [0.29, 0.717) is 19.4 Å². The first kappa shape index (κ1) is 14.6. The molecular formula is C14H21N3O3. The van der Waals surface area contributed by atoms with E-state index in [1.165, 1.54) is 0 Å². The molecule has 1 aliphatic rings. The van der Waals surface area contributed by atoms with E-state index in [0.717, 1.165) is 25.7 Å². The Labute approximate surface area is 118 Å². The Bertz CT molecular complexity index is 445. The normalized spacial score (nSPS) is 23.0. The SMILES string of the molecule is O=C(CCn1cccn1)NC1CCCCCC1C(=O)O. The van der Waals surface area contributed by atoms with Gasteiger partial charge in [0.05, 0.1) is 5.92 Å². The second-order valence-corrected chi connectivity index (χ2v) is 5.28. The molecule has 6 nitrogen and oxygen atoms in total. The fraction of sp³-hybridized carbons (Fsp3) is 0.643. The van der Waals surface area contributed by atoms with E-state index < -0.39 is 11.9 Å². The summed E-state index contributed by atoms with van der Waals surface area (Å²) in [6, 6.07) is 1.57. The van der Waals surface area contributed by atoms with Crippen LogP contribution in [0, 0.1) is 5.92 Å². The van der Waals surface area contributed by atoms with Gasteiger partial charge in [0, 0.05) is 31.4 Å². The van der Waals surface area contributed by atoms with E-state index >= 15 is 0 Å². The van der Waals surface area contributed by atoms with Gasteiger partial charge in [-0.05, 0) is 18.9 Å². The second-order valence-electron chi connectivity index (χ2n) is 5.28. The second kappa shape index (κ2) is 7.07. The number of hydrogen-bond donors (Lipinski definition) is 2. The van der Waals surface area contributed by atoms with E-state index in [2.05, 4.69) is 10.4 Å². The Balaban J connectivity index is 1.85. The zero-order chi connectivity index (χ0) is 14.4. The van der Waals surface area contributed by atoms with Gasteiger partial charge < -0.3 is 10.4 Å². The molecule has 6 heteroatoms. The van der Waals surface area contributed by atoms with Crippen molar-refractivity contribution in [2.75, 3.05) is 0 Å². The lowest BCUT2D eigenvalue weighted by atomic mass is 9.95. The zero-order valence-corrected chi connectivity index (χ0v) is 11.5. The summed E-state index contributed by atoms with van der Waals surface area (Å²) in [5, 5.41) is 16.2. The number of aromatic nitrogens is 2. The minimum atomic E-state index is -0.802. The molecule has 0 aromatic carbocycles. The van der Waals surface area contributed by atoms with Gasteiger partial charge in [-0.3, -0.25) is 14.3 Å². The average molecular weight is 279 g/mol. The van der Waals surface area contributed by atoms with E-state index in [9.17, 15) is 14.7 Å². The van der Waals surface area contributed by atoms with Crippen molar-refractivity contribution < 1.29 is 14.7 Å². The Kier molecular flexibility index (Phi) is 5.15. The molecule has 1 aromatic rings. The van der Waals surface area contributed by atoms with Crippen LogP contribution in [-0.2, 0) is 16.1 Å². The van der Waals surface area contributed by atoms with Crippen LogP contribution in [0.1, 0.15) is 38.5 Å². The van der Waals surface area contributed by atoms with Crippen molar-refractivity contribution in [3.05, 3.63) is 18.5 Å². The Morgan fingerprint density at radius 2 is 2.10 bits per heavy atom. The molecule has 1 aliphatic carbocycles. The Morgan fingerprint density at radius 1 is 1.30 bits per heavy atom. The summed E-state index contributed by atoms with van der Waals surface area (Å²) in [5.41, 5.74) is 0. The third kappa shape index (κ3) is 4.08. The average Bonchev–Trinajstić information content (AvgIpc) is 2.82. The van der Waals surface area contributed by atoms with Crippen LogP contribution in [0.4, 0.5) is 0 Å². The highest BCUT2D eigenvalue weighted by atomic mass is 16.4. The summed E-state index contributed by atoms with van der Waals surface area (Å²) in [4.78, 5) is 23.2. The smallest absolute Gasteiger partial charge is 0.308 e. The molecule has 2 unspecified atom stereocenters. The zero-order valence-electron chi connectivity index (χ0n) is 11.5. The summed E-state index contributed by atoms with van der Waals surface area (Å²) in [6.07, 6.45) is 8.16. The van der Waals surface area contributed by atoms with E-state index in [1.807, 2.05) is 6.07 Å². The highest BCUT2D eigenvalue weighted by Gasteiger charge is 2.30. The number of carboxylic acids is 1. The van der Waals surface area contributed by atoms with Crippen LogP contribution in [0.25, 0.3) is 0 Å². The minimum absolute atomic E-state index is 0.0985. The predicted molar refractivity (Wildman–Crippen MR) is 73.0 cm³/mol. The number of amides is 1. The van der Waals surface area contributed by atoms with Crippen LogP contribution >= 0.6 is 0 Å². The van der Waals surface area contributed by atoms with E-state index in [4.69, 9.17) is 0 Å². The highest BCUT2D eigenvalue weighted by molar-refractivity contribution is 5.78. The maximum atomic E-state index is 11.9. The van der Waals surface area contributed by atoms with Gasteiger partial charge in [0.1, 0.15) is 0 Å². The summed E-state index contributed by atoms with van der Waals surface area (Å²) in [6.45, 7) is 0.517. The number of aliphatic carboxylic acids is 1. The van der Waals surface area contributed by atoms with Gasteiger partial charge >= 0.3 is 5.97 Å². The summed E-state index contributed by atoms with van der Waals surface area (Å²) < 4.78 is 1.70. The van der Waals surface area contributed by atoms with Gasteiger partial charge in [-0.1, -0.05) is 19.3 Å². The molecule has 2 atom stereocenters. The number of rotatable bonds is 5. The fourth-order valence-electron chi connectivity index (χ4n) is 2.70. The Hall–Kier alpha value is -1.85. The minimum Gasteiger partial charge on any atom is -0.481 e. The molecule has 0 spiro atoms. The quantitative estimate of drug-likeness (QED) is 0.798. The van der Waals surface area contributed by atoms with Gasteiger partial charge in [0.15, 0.2) is 0 Å². The predicted octanol–water partition coefficient (Wildman–Crippen LogP) is 1.42. The highest BCUT2D eigenvalue weighted by Crippen LogP contribution is 2.23. The molecular weight excluding hydrogens is 258 g/mol. The molecule has 2 rings (SSSR count). The van der Waals surface area contributed by atoms with Crippen molar-refractivity contribution >= 4 is 11.9 Å². The molecule has 0 saturated heterocycles. The lowest BCUT2D eigenvalue weighted by Gasteiger charge is -2.22. The molecule has 0 aliphatic heterocycles. The van der Waals surface area contributed by atoms with Crippen molar-refractivity contribution in [1.29, 1.82) is 0 Å². The van der Waals surface area contributed by atoms with Crippen LogP contribution in [0.3, 0.4) is 0 Å². The van der Waals surface area contributed by atoms with Crippen molar-refractivity contribution in [1.82, 2.24) is 15.1 Å². The van der Waals surface area contributed by atoms with Gasteiger partial charge in [-0.2, -0.15) is 5.10 Å². The molecule has 1 fully saturated rings. The third-order valence-electron chi connectivity index (χ3n) is 3.81.